The second-order valence-corrected chi connectivity index (χ2v) is 3.75. The predicted molar refractivity (Wildman–Crippen MR) is 54.6 cm³/mol. The molecule has 0 aliphatic heterocycles. The second-order valence-electron chi connectivity index (χ2n) is 2.89. The van der Waals surface area contributed by atoms with Crippen molar-refractivity contribution in [2.24, 2.45) is 0 Å². The summed E-state index contributed by atoms with van der Waals surface area (Å²) in [6, 6.07) is 3.67. The van der Waals surface area contributed by atoms with Gasteiger partial charge in [-0.1, -0.05) is 0 Å². The van der Waals surface area contributed by atoms with E-state index in [1.54, 1.807) is 5.38 Å². The Morgan fingerprint density at radius 2 is 2.20 bits per heavy atom. The molecule has 0 aliphatic carbocycles. The van der Waals surface area contributed by atoms with Crippen molar-refractivity contribution in [2.75, 3.05) is 0 Å². The molecule has 0 bridgehead atoms. The summed E-state index contributed by atoms with van der Waals surface area (Å²) in [7, 11) is 0. The van der Waals surface area contributed by atoms with Gasteiger partial charge >= 0.3 is 0 Å². The first-order valence-electron chi connectivity index (χ1n) is 4.09. The molecule has 3 nitrogen and oxygen atoms in total. The van der Waals surface area contributed by atoms with Gasteiger partial charge in [0, 0.05) is 17.0 Å². The van der Waals surface area contributed by atoms with Gasteiger partial charge in [-0.05, 0) is 12.1 Å². The van der Waals surface area contributed by atoms with Gasteiger partial charge in [0.05, 0.1) is 0 Å². The van der Waals surface area contributed by atoms with Crippen molar-refractivity contribution in [3.63, 3.8) is 0 Å². The summed E-state index contributed by atoms with van der Waals surface area (Å²) < 4.78 is 12.9. The average molecular weight is 223 g/mol. The van der Waals surface area contributed by atoms with Crippen molar-refractivity contribution >= 4 is 17.6 Å². The van der Waals surface area contributed by atoms with Crippen LogP contribution in [0.4, 0.5) is 4.39 Å². The number of carbonyl (C=O) groups excluding carboxylic acids is 1. The fourth-order valence-electron chi connectivity index (χ4n) is 1.17. The summed E-state index contributed by atoms with van der Waals surface area (Å²) in [5.74, 6) is -0.694. The van der Waals surface area contributed by atoms with Crippen LogP contribution < -0.4 is 0 Å². The Morgan fingerprint density at radius 1 is 1.40 bits per heavy atom. The molecule has 1 heterocycles. The summed E-state index contributed by atoms with van der Waals surface area (Å²) in [6.45, 7) is 0. The van der Waals surface area contributed by atoms with Crippen molar-refractivity contribution in [2.45, 2.75) is 0 Å². The number of phenolic OH excluding ortho intramolecular Hbond substituents is 1. The highest BCUT2D eigenvalue weighted by Crippen LogP contribution is 2.27. The van der Waals surface area contributed by atoms with E-state index < -0.39 is 5.82 Å². The van der Waals surface area contributed by atoms with Crippen LogP contribution in [0.15, 0.2) is 23.6 Å². The number of aromatic hydroxyl groups is 1. The van der Waals surface area contributed by atoms with Crippen LogP contribution in [0.25, 0.3) is 10.6 Å². The molecule has 0 amide bonds. The first kappa shape index (κ1) is 9.79. The summed E-state index contributed by atoms with van der Waals surface area (Å²) >= 11 is 1.22. The van der Waals surface area contributed by atoms with Crippen LogP contribution in [0.2, 0.25) is 0 Å². The lowest BCUT2D eigenvalue weighted by Gasteiger charge is -1.97. The van der Waals surface area contributed by atoms with E-state index in [2.05, 4.69) is 4.98 Å². The molecule has 0 saturated heterocycles. The molecule has 2 aromatic rings. The minimum absolute atomic E-state index is 0.159. The number of halogens is 1. The third kappa shape index (κ3) is 2.02. The Bertz CT molecular complexity index is 490. The zero-order chi connectivity index (χ0) is 10.8. The van der Waals surface area contributed by atoms with Gasteiger partial charge in [0.15, 0.2) is 6.29 Å². The lowest BCUT2D eigenvalue weighted by molar-refractivity contribution is 0.111. The lowest BCUT2D eigenvalue weighted by Crippen LogP contribution is -1.82. The Labute approximate surface area is 88.8 Å². The van der Waals surface area contributed by atoms with E-state index in [4.69, 9.17) is 0 Å². The standard InChI is InChI=1S/C10H6FNO2S/c11-7-1-6(2-9(14)3-7)10-12-8(4-13)5-15-10/h1-5,14H. The van der Waals surface area contributed by atoms with E-state index in [-0.39, 0.29) is 5.75 Å². The number of aromatic nitrogens is 1. The molecule has 76 valence electrons. The van der Waals surface area contributed by atoms with Crippen molar-refractivity contribution in [3.8, 4) is 16.3 Å². The van der Waals surface area contributed by atoms with Gasteiger partial charge < -0.3 is 5.11 Å². The van der Waals surface area contributed by atoms with E-state index in [1.165, 1.54) is 23.5 Å². The monoisotopic (exact) mass is 223 g/mol. The highest BCUT2D eigenvalue weighted by atomic mass is 32.1. The predicted octanol–water partition coefficient (Wildman–Crippen LogP) is 2.47. The molecular weight excluding hydrogens is 217 g/mol. The Kier molecular flexibility index (Phi) is 2.47. The first-order valence-corrected chi connectivity index (χ1v) is 4.97. The van der Waals surface area contributed by atoms with Crippen molar-refractivity contribution < 1.29 is 14.3 Å². The summed E-state index contributed by atoms with van der Waals surface area (Å²) in [5, 5.41) is 11.3. The Hall–Kier alpha value is -1.75. The number of hydrogen-bond acceptors (Lipinski definition) is 4. The van der Waals surface area contributed by atoms with E-state index in [9.17, 15) is 14.3 Å². The molecule has 0 fully saturated rings. The molecule has 1 N–H and O–H groups in total. The van der Waals surface area contributed by atoms with Gasteiger partial charge in [-0.25, -0.2) is 9.37 Å². The molecule has 1 aromatic carbocycles. The van der Waals surface area contributed by atoms with E-state index in [0.29, 0.717) is 22.6 Å². The van der Waals surface area contributed by atoms with Crippen molar-refractivity contribution in [3.05, 3.63) is 35.1 Å². The van der Waals surface area contributed by atoms with Crippen molar-refractivity contribution in [1.29, 1.82) is 0 Å². The second kappa shape index (κ2) is 3.78. The molecule has 0 unspecified atom stereocenters. The molecule has 0 atom stereocenters. The maximum absolute atomic E-state index is 12.9. The van der Waals surface area contributed by atoms with E-state index >= 15 is 0 Å². The van der Waals surface area contributed by atoms with Crippen LogP contribution in [0.3, 0.4) is 0 Å². The molecule has 2 rings (SSSR count). The number of phenols is 1. The van der Waals surface area contributed by atoms with Gasteiger partial charge in [0.1, 0.15) is 22.3 Å². The van der Waals surface area contributed by atoms with Crippen LogP contribution in [0, 0.1) is 5.82 Å². The van der Waals surface area contributed by atoms with Gasteiger partial charge in [-0.15, -0.1) is 11.3 Å². The van der Waals surface area contributed by atoms with Gasteiger partial charge in [-0.3, -0.25) is 4.79 Å². The smallest absolute Gasteiger partial charge is 0.169 e. The quantitative estimate of drug-likeness (QED) is 0.795. The first-order chi connectivity index (χ1) is 7.19. The van der Waals surface area contributed by atoms with Crippen LogP contribution in [0.1, 0.15) is 10.5 Å². The van der Waals surface area contributed by atoms with E-state index in [0.717, 1.165) is 6.07 Å². The summed E-state index contributed by atoms with van der Waals surface area (Å²) in [6.07, 6.45) is 0.624. The van der Waals surface area contributed by atoms with Crippen LogP contribution >= 0.6 is 11.3 Å². The topological polar surface area (TPSA) is 50.2 Å². The SMILES string of the molecule is O=Cc1csc(-c2cc(O)cc(F)c2)n1. The number of hydrogen-bond donors (Lipinski definition) is 1. The number of aldehydes is 1. The van der Waals surface area contributed by atoms with Crippen LogP contribution in [-0.4, -0.2) is 16.4 Å². The zero-order valence-electron chi connectivity index (χ0n) is 7.48. The highest BCUT2D eigenvalue weighted by molar-refractivity contribution is 7.13. The Morgan fingerprint density at radius 3 is 2.80 bits per heavy atom. The van der Waals surface area contributed by atoms with Gasteiger partial charge in [0.25, 0.3) is 0 Å². The fraction of sp³-hybridized carbons (Fsp3) is 0. The van der Waals surface area contributed by atoms with Crippen LogP contribution in [0.5, 0.6) is 5.75 Å². The third-order valence-electron chi connectivity index (χ3n) is 1.77. The molecule has 15 heavy (non-hydrogen) atoms. The van der Waals surface area contributed by atoms with Crippen LogP contribution in [-0.2, 0) is 0 Å². The zero-order valence-corrected chi connectivity index (χ0v) is 8.29. The summed E-state index contributed by atoms with van der Waals surface area (Å²) in [5.41, 5.74) is 0.768. The van der Waals surface area contributed by atoms with E-state index in [1.807, 2.05) is 0 Å². The number of rotatable bonds is 2. The molecule has 0 radical (unpaired) electrons. The minimum atomic E-state index is -0.534. The molecule has 0 spiro atoms. The summed E-state index contributed by atoms with van der Waals surface area (Å²) in [4.78, 5) is 14.4. The molecular formula is C10H6FNO2S. The number of carbonyl (C=O) groups is 1. The number of benzene rings is 1. The minimum Gasteiger partial charge on any atom is -0.508 e. The number of thiazole rings is 1. The maximum atomic E-state index is 12.9. The maximum Gasteiger partial charge on any atom is 0.169 e. The molecule has 1 aromatic heterocycles. The van der Waals surface area contributed by atoms with Crippen molar-refractivity contribution in [1.82, 2.24) is 4.98 Å². The Balaban J connectivity index is 2.48. The number of nitrogens with zero attached hydrogens (tertiary/aromatic N) is 1. The van der Waals surface area contributed by atoms with Gasteiger partial charge in [-0.2, -0.15) is 0 Å². The molecule has 5 heteroatoms. The fourth-order valence-corrected chi connectivity index (χ4v) is 1.92. The third-order valence-corrected chi connectivity index (χ3v) is 2.68. The highest BCUT2D eigenvalue weighted by Gasteiger charge is 2.06. The average Bonchev–Trinajstić information content (AvgIpc) is 2.64. The molecule has 0 saturated carbocycles. The van der Waals surface area contributed by atoms with Gasteiger partial charge in [0.2, 0.25) is 0 Å². The normalized spacial score (nSPS) is 10.2. The molecule has 0 aliphatic rings. The largest absolute Gasteiger partial charge is 0.508 e. The lowest BCUT2D eigenvalue weighted by atomic mass is 10.2.